The van der Waals surface area contributed by atoms with Gasteiger partial charge < -0.3 is 5.11 Å². The molecule has 0 bridgehead atoms. The molecule has 0 heterocycles. The number of aliphatic carboxylic acids is 1. The molecule has 0 radical (unpaired) electrons. The molecule has 23 heavy (non-hydrogen) atoms. The number of carboxylic acid groups (broad SMARTS) is 1. The van der Waals surface area contributed by atoms with Crippen molar-refractivity contribution >= 4 is 11.8 Å². The number of ketones is 1. The molecule has 2 fully saturated rings. The molecule has 0 aromatic heterocycles. The molecular weight excluding hydrogens is 288 g/mol. The van der Waals surface area contributed by atoms with Gasteiger partial charge in [-0.15, -0.1) is 0 Å². The van der Waals surface area contributed by atoms with E-state index in [0.717, 1.165) is 24.8 Å². The number of carbonyl (C=O) groups is 2. The number of fused-ring (bicyclic) bond motifs is 3. The fourth-order valence-electron chi connectivity index (χ4n) is 5.37. The maximum Gasteiger partial charge on any atom is 0.309 e. The molecule has 126 valence electrons. The Morgan fingerprint density at radius 2 is 2.00 bits per heavy atom. The molecule has 3 rings (SSSR count). The van der Waals surface area contributed by atoms with Crippen LogP contribution in [0.1, 0.15) is 59.8 Å². The summed E-state index contributed by atoms with van der Waals surface area (Å²) < 4.78 is 0. The quantitative estimate of drug-likeness (QED) is 0.822. The van der Waals surface area contributed by atoms with E-state index in [4.69, 9.17) is 0 Å². The summed E-state index contributed by atoms with van der Waals surface area (Å²) in [6.45, 7) is 8.40. The van der Waals surface area contributed by atoms with Crippen molar-refractivity contribution in [1.82, 2.24) is 0 Å². The first-order valence-electron chi connectivity index (χ1n) is 8.88. The van der Waals surface area contributed by atoms with Crippen LogP contribution in [0.25, 0.3) is 0 Å². The molecule has 3 aliphatic rings. The van der Waals surface area contributed by atoms with Crippen LogP contribution < -0.4 is 0 Å². The van der Waals surface area contributed by atoms with E-state index in [1.54, 1.807) is 0 Å². The molecule has 2 saturated carbocycles. The minimum Gasteiger partial charge on any atom is -0.481 e. The van der Waals surface area contributed by atoms with E-state index in [-0.39, 0.29) is 23.0 Å². The van der Waals surface area contributed by atoms with Crippen LogP contribution in [0.4, 0.5) is 0 Å². The van der Waals surface area contributed by atoms with Gasteiger partial charge in [0.05, 0.1) is 5.41 Å². The van der Waals surface area contributed by atoms with Gasteiger partial charge in [-0.05, 0) is 60.5 Å². The number of carboxylic acids is 1. The Balaban J connectivity index is 2.03. The van der Waals surface area contributed by atoms with Crippen molar-refractivity contribution in [3.8, 4) is 0 Å². The van der Waals surface area contributed by atoms with E-state index in [0.29, 0.717) is 18.8 Å². The van der Waals surface area contributed by atoms with Crippen molar-refractivity contribution in [1.29, 1.82) is 0 Å². The first-order chi connectivity index (χ1) is 10.7. The second kappa shape index (κ2) is 5.32. The van der Waals surface area contributed by atoms with Gasteiger partial charge >= 0.3 is 5.97 Å². The number of allylic oxidation sites excluding steroid dienone is 4. The SMILES string of the molecule is CC(C)C1=CCC2C(=C1)C(=O)CC1C(C)(C(=O)O)CCCC21C. The lowest BCUT2D eigenvalue weighted by atomic mass is 9.46. The third-order valence-electron chi connectivity index (χ3n) is 6.93. The van der Waals surface area contributed by atoms with Gasteiger partial charge in [-0.3, -0.25) is 9.59 Å². The van der Waals surface area contributed by atoms with Crippen LogP contribution in [0.3, 0.4) is 0 Å². The molecule has 0 saturated heterocycles. The van der Waals surface area contributed by atoms with Crippen LogP contribution >= 0.6 is 0 Å². The second-order valence-electron chi connectivity index (χ2n) is 8.51. The highest BCUT2D eigenvalue weighted by Gasteiger charge is 2.59. The number of carbonyl (C=O) groups excluding carboxylic acids is 1. The smallest absolute Gasteiger partial charge is 0.309 e. The van der Waals surface area contributed by atoms with Gasteiger partial charge in [-0.2, -0.15) is 0 Å². The average molecular weight is 316 g/mol. The Kier molecular flexibility index (Phi) is 3.81. The summed E-state index contributed by atoms with van der Waals surface area (Å²) in [7, 11) is 0. The zero-order valence-corrected chi connectivity index (χ0v) is 14.7. The summed E-state index contributed by atoms with van der Waals surface area (Å²) in [5, 5.41) is 9.81. The maximum absolute atomic E-state index is 12.8. The predicted molar refractivity (Wildman–Crippen MR) is 89.9 cm³/mol. The average Bonchev–Trinajstić information content (AvgIpc) is 2.49. The fourth-order valence-corrected chi connectivity index (χ4v) is 5.37. The van der Waals surface area contributed by atoms with Gasteiger partial charge in [-0.1, -0.05) is 39.3 Å². The first-order valence-corrected chi connectivity index (χ1v) is 8.88. The van der Waals surface area contributed by atoms with Gasteiger partial charge in [0.15, 0.2) is 5.78 Å². The van der Waals surface area contributed by atoms with E-state index in [1.807, 2.05) is 6.92 Å². The van der Waals surface area contributed by atoms with Gasteiger partial charge in [0, 0.05) is 6.42 Å². The standard InChI is InChI=1S/C20H28O3/c1-12(2)13-6-7-15-14(10-13)16(21)11-17-19(15,3)8-5-9-20(17,4)18(22)23/h6,10,12,15,17H,5,7-9,11H2,1-4H3,(H,22,23). The zero-order chi connectivity index (χ0) is 17.0. The third-order valence-corrected chi connectivity index (χ3v) is 6.93. The maximum atomic E-state index is 12.8. The van der Waals surface area contributed by atoms with Crippen molar-refractivity contribution in [3.63, 3.8) is 0 Å². The highest BCUT2D eigenvalue weighted by atomic mass is 16.4. The number of hydrogen-bond acceptors (Lipinski definition) is 2. The second-order valence-corrected chi connectivity index (χ2v) is 8.51. The van der Waals surface area contributed by atoms with E-state index in [9.17, 15) is 14.7 Å². The summed E-state index contributed by atoms with van der Waals surface area (Å²) in [6.07, 6.45) is 8.31. The number of Topliss-reactive ketones (excluding diaryl/α,β-unsaturated/α-hetero) is 1. The molecule has 0 amide bonds. The summed E-state index contributed by atoms with van der Waals surface area (Å²) >= 11 is 0. The molecule has 4 unspecified atom stereocenters. The lowest BCUT2D eigenvalue weighted by Gasteiger charge is -2.57. The van der Waals surface area contributed by atoms with Gasteiger partial charge in [0.1, 0.15) is 0 Å². The van der Waals surface area contributed by atoms with Crippen molar-refractivity contribution < 1.29 is 14.7 Å². The molecule has 1 N–H and O–H groups in total. The van der Waals surface area contributed by atoms with Gasteiger partial charge in [0.2, 0.25) is 0 Å². The Morgan fingerprint density at radius 1 is 1.30 bits per heavy atom. The van der Waals surface area contributed by atoms with Gasteiger partial charge in [0.25, 0.3) is 0 Å². The highest BCUT2D eigenvalue weighted by Crippen LogP contribution is 2.62. The molecule has 4 atom stereocenters. The Morgan fingerprint density at radius 3 is 2.61 bits per heavy atom. The van der Waals surface area contributed by atoms with Crippen molar-refractivity contribution in [2.24, 2.45) is 28.6 Å². The third kappa shape index (κ3) is 2.31. The van der Waals surface area contributed by atoms with E-state index in [2.05, 4.69) is 32.9 Å². The zero-order valence-electron chi connectivity index (χ0n) is 14.7. The highest BCUT2D eigenvalue weighted by molar-refractivity contribution is 5.98. The molecule has 3 aliphatic carbocycles. The topological polar surface area (TPSA) is 54.4 Å². The molecule has 0 aromatic rings. The normalized spacial score (nSPS) is 40.1. The van der Waals surface area contributed by atoms with Gasteiger partial charge in [-0.25, -0.2) is 0 Å². The number of hydrogen-bond donors (Lipinski definition) is 1. The predicted octanol–water partition coefficient (Wildman–Crippen LogP) is 4.39. The lowest BCUT2D eigenvalue weighted by molar-refractivity contribution is -0.165. The Bertz CT molecular complexity index is 612. The monoisotopic (exact) mass is 316 g/mol. The van der Waals surface area contributed by atoms with Crippen molar-refractivity contribution in [3.05, 3.63) is 23.3 Å². The summed E-state index contributed by atoms with van der Waals surface area (Å²) in [4.78, 5) is 24.8. The van der Waals surface area contributed by atoms with Crippen LogP contribution in [0, 0.1) is 28.6 Å². The van der Waals surface area contributed by atoms with Crippen molar-refractivity contribution in [2.45, 2.75) is 59.8 Å². The van der Waals surface area contributed by atoms with Crippen LogP contribution in [0.5, 0.6) is 0 Å². The largest absolute Gasteiger partial charge is 0.481 e. The van der Waals surface area contributed by atoms with E-state index < -0.39 is 11.4 Å². The molecule has 0 aliphatic heterocycles. The molecular formula is C20H28O3. The summed E-state index contributed by atoms with van der Waals surface area (Å²) in [6, 6.07) is 0. The Hall–Kier alpha value is -1.38. The summed E-state index contributed by atoms with van der Waals surface area (Å²) in [5.41, 5.74) is 1.37. The molecule has 3 heteroatoms. The minimum atomic E-state index is -0.768. The van der Waals surface area contributed by atoms with Crippen molar-refractivity contribution in [2.75, 3.05) is 0 Å². The molecule has 0 aromatic carbocycles. The minimum absolute atomic E-state index is 0.0510. The first kappa shape index (κ1) is 16.5. The van der Waals surface area contributed by atoms with Crippen LogP contribution in [0.2, 0.25) is 0 Å². The van der Waals surface area contributed by atoms with Crippen LogP contribution in [-0.2, 0) is 9.59 Å². The lowest BCUT2D eigenvalue weighted by Crippen LogP contribution is -2.55. The fraction of sp³-hybridized carbons (Fsp3) is 0.700. The molecule has 3 nitrogen and oxygen atoms in total. The van der Waals surface area contributed by atoms with E-state index >= 15 is 0 Å². The summed E-state index contributed by atoms with van der Waals surface area (Å²) in [5.74, 6) is 0.0125. The molecule has 0 spiro atoms. The number of rotatable bonds is 2. The van der Waals surface area contributed by atoms with Crippen LogP contribution in [0.15, 0.2) is 23.3 Å². The van der Waals surface area contributed by atoms with E-state index in [1.165, 1.54) is 5.57 Å². The van der Waals surface area contributed by atoms with Crippen LogP contribution in [-0.4, -0.2) is 16.9 Å². The Labute approximate surface area is 138 Å².